The molecule has 2 fully saturated rings. The van der Waals surface area contributed by atoms with Crippen molar-refractivity contribution in [2.24, 2.45) is 5.92 Å². The highest BCUT2D eigenvalue weighted by atomic mass is 15.0. The molecule has 2 rings (SSSR count). The first-order valence-corrected chi connectivity index (χ1v) is 3.79. The summed E-state index contributed by atoms with van der Waals surface area (Å²) < 4.78 is 0. The maximum Gasteiger partial charge on any atom is 0.0145 e. The molecule has 0 aromatic heterocycles. The summed E-state index contributed by atoms with van der Waals surface area (Å²) in [4.78, 5) is 0. The number of nitrogens with one attached hydrogen (secondary N) is 1. The lowest BCUT2D eigenvalue weighted by atomic mass is 9.76. The fourth-order valence-electron chi connectivity index (χ4n) is 1.87. The maximum atomic E-state index is 4.06. The van der Waals surface area contributed by atoms with Crippen molar-refractivity contribution in [3.8, 4) is 0 Å². The molecule has 9 heavy (non-hydrogen) atoms. The molecular formula is C8H13N. The number of fused-ring (bicyclic) bond motifs is 1. The minimum Gasteiger partial charge on any atom is -0.313 e. The Labute approximate surface area is 56.1 Å². The minimum absolute atomic E-state index is 0.811. The highest BCUT2D eigenvalue weighted by Crippen LogP contribution is 2.32. The SMILES string of the molecule is C=C1CCCC2NCC12. The van der Waals surface area contributed by atoms with Crippen molar-refractivity contribution in [2.45, 2.75) is 25.3 Å². The first-order chi connectivity index (χ1) is 4.38. The lowest BCUT2D eigenvalue weighted by Crippen LogP contribution is -2.54. The molecule has 2 atom stereocenters. The van der Waals surface area contributed by atoms with Gasteiger partial charge in [0, 0.05) is 18.5 Å². The van der Waals surface area contributed by atoms with Crippen LogP contribution in [0.3, 0.4) is 0 Å². The van der Waals surface area contributed by atoms with Gasteiger partial charge >= 0.3 is 0 Å². The summed E-state index contributed by atoms with van der Waals surface area (Å²) in [6.45, 7) is 5.25. The van der Waals surface area contributed by atoms with E-state index in [0.29, 0.717) is 0 Å². The fourth-order valence-corrected chi connectivity index (χ4v) is 1.87. The smallest absolute Gasteiger partial charge is 0.0145 e. The molecular weight excluding hydrogens is 110 g/mol. The molecule has 1 N–H and O–H groups in total. The average molecular weight is 123 g/mol. The van der Waals surface area contributed by atoms with Crippen LogP contribution < -0.4 is 5.32 Å². The van der Waals surface area contributed by atoms with Gasteiger partial charge < -0.3 is 5.32 Å². The Morgan fingerprint density at radius 1 is 1.56 bits per heavy atom. The van der Waals surface area contributed by atoms with E-state index in [1.54, 1.807) is 0 Å². The van der Waals surface area contributed by atoms with Gasteiger partial charge in [0.2, 0.25) is 0 Å². The Morgan fingerprint density at radius 3 is 2.89 bits per heavy atom. The first kappa shape index (κ1) is 5.48. The molecule has 1 heterocycles. The highest BCUT2D eigenvalue weighted by molar-refractivity contribution is 5.13. The standard InChI is InChI=1S/C8H13N/c1-6-3-2-4-8-7(6)5-9-8/h7-9H,1-5H2. The van der Waals surface area contributed by atoms with Gasteiger partial charge in [0.1, 0.15) is 0 Å². The Balaban J connectivity index is 2.06. The Kier molecular flexibility index (Phi) is 1.12. The zero-order valence-electron chi connectivity index (χ0n) is 5.69. The molecule has 1 saturated carbocycles. The van der Waals surface area contributed by atoms with E-state index >= 15 is 0 Å². The van der Waals surface area contributed by atoms with Gasteiger partial charge in [0.05, 0.1) is 0 Å². The van der Waals surface area contributed by atoms with Gasteiger partial charge in [-0.25, -0.2) is 0 Å². The quantitative estimate of drug-likeness (QED) is 0.479. The second-order valence-electron chi connectivity index (χ2n) is 3.17. The molecule has 2 unspecified atom stereocenters. The van der Waals surface area contributed by atoms with Gasteiger partial charge in [-0.15, -0.1) is 0 Å². The molecule has 0 amide bonds. The molecule has 0 spiro atoms. The average Bonchev–Trinajstić information content (AvgIpc) is 1.74. The number of rotatable bonds is 0. The molecule has 1 aliphatic carbocycles. The second kappa shape index (κ2) is 1.84. The maximum absolute atomic E-state index is 4.06. The molecule has 2 aliphatic rings. The number of hydrogen-bond acceptors (Lipinski definition) is 1. The molecule has 0 radical (unpaired) electrons. The van der Waals surface area contributed by atoms with Crippen LogP contribution in [-0.2, 0) is 0 Å². The third-order valence-electron chi connectivity index (χ3n) is 2.62. The highest BCUT2D eigenvalue weighted by Gasteiger charge is 2.34. The zero-order chi connectivity index (χ0) is 6.27. The van der Waals surface area contributed by atoms with Crippen LogP contribution >= 0.6 is 0 Å². The van der Waals surface area contributed by atoms with Crippen molar-refractivity contribution in [1.29, 1.82) is 0 Å². The van der Waals surface area contributed by atoms with Crippen molar-refractivity contribution in [3.05, 3.63) is 12.2 Å². The van der Waals surface area contributed by atoms with E-state index < -0.39 is 0 Å². The molecule has 0 aromatic rings. The van der Waals surface area contributed by atoms with E-state index in [4.69, 9.17) is 0 Å². The lowest BCUT2D eigenvalue weighted by molar-refractivity contribution is 0.222. The third kappa shape index (κ3) is 0.715. The van der Waals surface area contributed by atoms with Gasteiger partial charge in [0.25, 0.3) is 0 Å². The van der Waals surface area contributed by atoms with Gasteiger partial charge in [0.15, 0.2) is 0 Å². The van der Waals surface area contributed by atoms with Crippen LogP contribution in [0.4, 0.5) is 0 Å². The van der Waals surface area contributed by atoms with Crippen LogP contribution in [0.2, 0.25) is 0 Å². The van der Waals surface area contributed by atoms with E-state index in [2.05, 4.69) is 11.9 Å². The van der Waals surface area contributed by atoms with Gasteiger partial charge in [-0.2, -0.15) is 0 Å². The van der Waals surface area contributed by atoms with Crippen LogP contribution in [0.25, 0.3) is 0 Å². The predicted octanol–water partition coefficient (Wildman–Crippen LogP) is 1.31. The van der Waals surface area contributed by atoms with Crippen LogP contribution in [0, 0.1) is 5.92 Å². The van der Waals surface area contributed by atoms with Crippen molar-refractivity contribution in [1.82, 2.24) is 5.32 Å². The Bertz CT molecular complexity index is 140. The summed E-state index contributed by atoms with van der Waals surface area (Å²) in [6, 6.07) is 0.811. The summed E-state index contributed by atoms with van der Waals surface area (Å²) in [5.41, 5.74) is 1.49. The normalized spacial score (nSPS) is 41.6. The molecule has 50 valence electrons. The molecule has 0 aromatic carbocycles. The van der Waals surface area contributed by atoms with Crippen LogP contribution in [0.1, 0.15) is 19.3 Å². The molecule has 0 bridgehead atoms. The molecule has 1 nitrogen and oxygen atoms in total. The second-order valence-corrected chi connectivity index (χ2v) is 3.17. The minimum atomic E-state index is 0.811. The lowest BCUT2D eigenvalue weighted by Gasteiger charge is -2.43. The molecule has 1 heteroatoms. The van der Waals surface area contributed by atoms with Crippen LogP contribution in [0.15, 0.2) is 12.2 Å². The van der Waals surface area contributed by atoms with E-state index in [1.807, 2.05) is 0 Å². The predicted molar refractivity (Wildman–Crippen MR) is 38.3 cm³/mol. The van der Waals surface area contributed by atoms with Crippen LogP contribution in [-0.4, -0.2) is 12.6 Å². The van der Waals surface area contributed by atoms with Gasteiger partial charge in [-0.05, 0) is 19.3 Å². The van der Waals surface area contributed by atoms with Crippen molar-refractivity contribution in [2.75, 3.05) is 6.54 Å². The summed E-state index contributed by atoms with van der Waals surface area (Å²) >= 11 is 0. The fraction of sp³-hybridized carbons (Fsp3) is 0.750. The van der Waals surface area contributed by atoms with Crippen molar-refractivity contribution < 1.29 is 0 Å². The van der Waals surface area contributed by atoms with Crippen LogP contribution in [0.5, 0.6) is 0 Å². The zero-order valence-corrected chi connectivity index (χ0v) is 5.69. The van der Waals surface area contributed by atoms with E-state index in [-0.39, 0.29) is 0 Å². The molecule has 1 aliphatic heterocycles. The Hall–Kier alpha value is -0.300. The third-order valence-corrected chi connectivity index (χ3v) is 2.62. The summed E-state index contributed by atoms with van der Waals surface area (Å²) in [5.74, 6) is 0.846. The monoisotopic (exact) mass is 123 g/mol. The van der Waals surface area contributed by atoms with E-state index in [0.717, 1.165) is 12.0 Å². The topological polar surface area (TPSA) is 12.0 Å². The van der Waals surface area contributed by atoms with Crippen molar-refractivity contribution in [3.63, 3.8) is 0 Å². The first-order valence-electron chi connectivity index (χ1n) is 3.79. The molecule has 1 saturated heterocycles. The van der Waals surface area contributed by atoms with Crippen molar-refractivity contribution >= 4 is 0 Å². The number of hydrogen-bond donors (Lipinski definition) is 1. The largest absolute Gasteiger partial charge is 0.313 e. The van der Waals surface area contributed by atoms with Gasteiger partial charge in [-0.1, -0.05) is 12.2 Å². The summed E-state index contributed by atoms with van der Waals surface area (Å²) in [6.07, 6.45) is 4.01. The van der Waals surface area contributed by atoms with E-state index in [1.165, 1.54) is 31.4 Å². The van der Waals surface area contributed by atoms with Gasteiger partial charge in [-0.3, -0.25) is 0 Å². The Morgan fingerprint density at radius 2 is 2.44 bits per heavy atom. The summed E-state index contributed by atoms with van der Waals surface area (Å²) in [7, 11) is 0. The summed E-state index contributed by atoms with van der Waals surface area (Å²) in [5, 5.41) is 3.42. The van der Waals surface area contributed by atoms with E-state index in [9.17, 15) is 0 Å².